The van der Waals surface area contributed by atoms with Crippen LogP contribution in [-0.2, 0) is 17.9 Å². The lowest BCUT2D eigenvalue weighted by Crippen LogP contribution is -2.34. The van der Waals surface area contributed by atoms with Crippen LogP contribution < -0.4 is 4.74 Å². The number of rotatable bonds is 8. The van der Waals surface area contributed by atoms with Gasteiger partial charge in [0.2, 0.25) is 0 Å². The van der Waals surface area contributed by atoms with E-state index in [4.69, 9.17) is 20.8 Å². The first-order chi connectivity index (χ1) is 13.5. The summed E-state index contributed by atoms with van der Waals surface area (Å²) in [6.45, 7) is 0.418. The van der Waals surface area contributed by atoms with Crippen molar-refractivity contribution in [2.45, 2.75) is 13.1 Å². The Kier molecular flexibility index (Phi) is 6.29. The van der Waals surface area contributed by atoms with E-state index in [-0.39, 0.29) is 35.5 Å². The molecule has 1 aromatic heterocycles. The summed E-state index contributed by atoms with van der Waals surface area (Å²) in [5.74, 6) is 0.589. The molecule has 0 spiro atoms. The number of hydrogen-bond donors (Lipinski definition) is 0. The maximum atomic E-state index is 12.7. The van der Waals surface area contributed by atoms with Gasteiger partial charge >= 0.3 is 0 Å². The fourth-order valence-electron chi connectivity index (χ4n) is 2.58. The molecule has 3 aromatic rings. The molecule has 0 saturated carbocycles. The minimum Gasteiger partial charge on any atom is -0.482 e. The highest BCUT2D eigenvalue weighted by Gasteiger charge is 2.18. The summed E-state index contributed by atoms with van der Waals surface area (Å²) in [4.78, 5) is 24.6. The Balaban J connectivity index is 1.69. The van der Waals surface area contributed by atoms with Gasteiger partial charge in [0.1, 0.15) is 11.5 Å². The van der Waals surface area contributed by atoms with Gasteiger partial charge in [-0.2, -0.15) is 0 Å². The van der Waals surface area contributed by atoms with E-state index in [0.717, 1.165) is 5.56 Å². The average Bonchev–Trinajstić information content (AvgIpc) is 3.20. The van der Waals surface area contributed by atoms with Crippen LogP contribution >= 0.6 is 11.6 Å². The SMILES string of the molecule is O=C(COc1ccc([N+](=O)[O-])cc1Cl)N(Cc1ccccc1)Cc1ccco1. The molecule has 0 bridgehead atoms. The molecule has 8 heteroatoms. The van der Waals surface area contributed by atoms with Crippen molar-refractivity contribution in [3.8, 4) is 5.75 Å². The lowest BCUT2D eigenvalue weighted by Gasteiger charge is -2.22. The minimum absolute atomic E-state index is 0.0719. The summed E-state index contributed by atoms with van der Waals surface area (Å²) in [5.41, 5.74) is 0.822. The molecule has 0 aliphatic heterocycles. The third-order valence-corrected chi connectivity index (χ3v) is 4.27. The van der Waals surface area contributed by atoms with Crippen molar-refractivity contribution in [2.75, 3.05) is 6.61 Å². The Morgan fingerprint density at radius 3 is 2.54 bits per heavy atom. The lowest BCUT2D eigenvalue weighted by atomic mass is 10.2. The zero-order valence-corrected chi connectivity index (χ0v) is 15.5. The van der Waals surface area contributed by atoms with Crippen LogP contribution in [-0.4, -0.2) is 22.3 Å². The highest BCUT2D eigenvalue weighted by molar-refractivity contribution is 6.32. The van der Waals surface area contributed by atoms with Crippen LogP contribution in [0.1, 0.15) is 11.3 Å². The Labute approximate surface area is 166 Å². The molecule has 1 heterocycles. The second-order valence-electron chi connectivity index (χ2n) is 5.98. The van der Waals surface area contributed by atoms with Crippen molar-refractivity contribution in [1.82, 2.24) is 4.90 Å². The number of furan rings is 1. The molecular weight excluding hydrogens is 384 g/mol. The molecule has 0 N–H and O–H groups in total. The largest absolute Gasteiger partial charge is 0.482 e. The molecule has 0 fully saturated rings. The first-order valence-corrected chi connectivity index (χ1v) is 8.81. The Hall–Kier alpha value is -3.32. The van der Waals surface area contributed by atoms with Gasteiger partial charge in [-0.25, -0.2) is 0 Å². The third kappa shape index (κ3) is 5.11. The van der Waals surface area contributed by atoms with E-state index in [9.17, 15) is 14.9 Å². The maximum Gasteiger partial charge on any atom is 0.271 e. The van der Waals surface area contributed by atoms with Crippen molar-refractivity contribution < 1.29 is 18.9 Å². The van der Waals surface area contributed by atoms with Gasteiger partial charge in [-0.3, -0.25) is 14.9 Å². The van der Waals surface area contributed by atoms with Gasteiger partial charge in [0.25, 0.3) is 11.6 Å². The monoisotopic (exact) mass is 400 g/mol. The predicted octanol–water partition coefficient (Wildman–Crippen LogP) is 4.45. The van der Waals surface area contributed by atoms with Crippen molar-refractivity contribution in [3.63, 3.8) is 0 Å². The molecule has 0 saturated heterocycles. The Bertz CT molecular complexity index is 944. The molecule has 2 aromatic carbocycles. The van der Waals surface area contributed by atoms with Crippen LogP contribution in [0.15, 0.2) is 71.3 Å². The second kappa shape index (κ2) is 9.05. The van der Waals surface area contributed by atoms with Crippen LogP contribution in [0.2, 0.25) is 5.02 Å². The molecule has 144 valence electrons. The van der Waals surface area contributed by atoms with Gasteiger partial charge in [0.05, 0.1) is 22.8 Å². The topological polar surface area (TPSA) is 85.8 Å². The average molecular weight is 401 g/mol. The third-order valence-electron chi connectivity index (χ3n) is 3.97. The van der Waals surface area contributed by atoms with E-state index >= 15 is 0 Å². The molecule has 0 aliphatic carbocycles. The summed E-state index contributed by atoms with van der Waals surface area (Å²) in [5, 5.41) is 10.9. The van der Waals surface area contributed by atoms with E-state index in [2.05, 4.69) is 0 Å². The van der Waals surface area contributed by atoms with Gasteiger partial charge in [-0.1, -0.05) is 41.9 Å². The number of hydrogen-bond acceptors (Lipinski definition) is 5. The zero-order chi connectivity index (χ0) is 19.9. The number of non-ortho nitro benzene ring substituents is 1. The van der Waals surface area contributed by atoms with Crippen molar-refractivity contribution in [1.29, 1.82) is 0 Å². The molecule has 3 rings (SSSR count). The smallest absolute Gasteiger partial charge is 0.271 e. The Morgan fingerprint density at radius 2 is 1.89 bits per heavy atom. The summed E-state index contributed by atoms with van der Waals surface area (Å²) >= 11 is 6.01. The Morgan fingerprint density at radius 1 is 1.11 bits per heavy atom. The number of nitrogens with zero attached hydrogens (tertiary/aromatic N) is 2. The molecule has 0 radical (unpaired) electrons. The van der Waals surface area contributed by atoms with Crippen LogP contribution in [0.3, 0.4) is 0 Å². The molecule has 28 heavy (non-hydrogen) atoms. The number of nitro benzene ring substituents is 1. The van der Waals surface area contributed by atoms with Gasteiger partial charge in [-0.05, 0) is 23.8 Å². The van der Waals surface area contributed by atoms with Crippen LogP contribution in [0.5, 0.6) is 5.75 Å². The highest BCUT2D eigenvalue weighted by Crippen LogP contribution is 2.28. The fraction of sp³-hybridized carbons (Fsp3) is 0.150. The van der Waals surface area contributed by atoms with Crippen molar-refractivity contribution >= 4 is 23.2 Å². The first kappa shape index (κ1) is 19.4. The summed E-state index contributed by atoms with van der Waals surface area (Å²) in [6.07, 6.45) is 1.55. The number of nitro groups is 1. The number of carbonyl (C=O) groups is 1. The van der Waals surface area contributed by atoms with Crippen molar-refractivity contribution in [2.24, 2.45) is 0 Å². The molecule has 0 aliphatic rings. The molecule has 0 atom stereocenters. The minimum atomic E-state index is -0.550. The van der Waals surface area contributed by atoms with Gasteiger partial charge in [0, 0.05) is 18.7 Å². The summed E-state index contributed by atoms with van der Waals surface area (Å²) < 4.78 is 10.8. The van der Waals surface area contributed by atoms with E-state index in [0.29, 0.717) is 12.3 Å². The van der Waals surface area contributed by atoms with Crippen LogP contribution in [0.4, 0.5) is 5.69 Å². The molecular formula is C20H17ClN2O5. The van der Waals surface area contributed by atoms with Gasteiger partial charge < -0.3 is 14.1 Å². The molecule has 1 amide bonds. The molecule has 0 unspecified atom stereocenters. The van der Waals surface area contributed by atoms with E-state index in [1.807, 2.05) is 30.3 Å². The van der Waals surface area contributed by atoms with E-state index < -0.39 is 4.92 Å². The lowest BCUT2D eigenvalue weighted by molar-refractivity contribution is -0.384. The number of benzene rings is 2. The second-order valence-corrected chi connectivity index (χ2v) is 6.38. The van der Waals surface area contributed by atoms with Crippen LogP contribution in [0.25, 0.3) is 0 Å². The van der Waals surface area contributed by atoms with Gasteiger partial charge in [0.15, 0.2) is 6.61 Å². The zero-order valence-electron chi connectivity index (χ0n) is 14.8. The maximum absolute atomic E-state index is 12.7. The standard InChI is InChI=1S/C20H17ClN2O5/c21-18-11-16(23(25)26)8-9-19(18)28-14-20(24)22(13-17-7-4-10-27-17)12-15-5-2-1-3-6-15/h1-11H,12-14H2. The number of ether oxygens (including phenoxy) is 1. The van der Waals surface area contributed by atoms with Crippen molar-refractivity contribution in [3.05, 3.63) is 93.4 Å². The number of amides is 1. The number of carbonyl (C=O) groups excluding carboxylic acids is 1. The molecule has 7 nitrogen and oxygen atoms in total. The summed E-state index contributed by atoms with van der Waals surface area (Å²) in [6, 6.07) is 16.9. The quantitative estimate of drug-likeness (QED) is 0.412. The van der Waals surface area contributed by atoms with Crippen LogP contribution in [0, 0.1) is 10.1 Å². The summed E-state index contributed by atoms with van der Waals surface area (Å²) in [7, 11) is 0. The first-order valence-electron chi connectivity index (χ1n) is 8.44. The fourth-order valence-corrected chi connectivity index (χ4v) is 2.81. The predicted molar refractivity (Wildman–Crippen MR) is 103 cm³/mol. The van der Waals surface area contributed by atoms with E-state index in [1.54, 1.807) is 23.3 Å². The van der Waals surface area contributed by atoms with E-state index in [1.165, 1.54) is 18.2 Å². The number of halogens is 1. The normalized spacial score (nSPS) is 10.5. The highest BCUT2D eigenvalue weighted by atomic mass is 35.5. The van der Waals surface area contributed by atoms with Gasteiger partial charge in [-0.15, -0.1) is 0 Å².